The summed E-state index contributed by atoms with van der Waals surface area (Å²) in [7, 11) is 0. The molecule has 2 aromatic rings. The molecule has 49 heavy (non-hydrogen) atoms. The second kappa shape index (κ2) is 21.0. The molecule has 1 amide bonds. The molecule has 0 aliphatic carbocycles. The van der Waals surface area contributed by atoms with Gasteiger partial charge in [0.15, 0.2) is 0 Å². The summed E-state index contributed by atoms with van der Waals surface area (Å²) >= 11 is 0. The number of carbonyl (C=O) groups is 2. The summed E-state index contributed by atoms with van der Waals surface area (Å²) in [5, 5.41) is 20.6. The fourth-order valence-electron chi connectivity index (χ4n) is 5.29. The van der Waals surface area contributed by atoms with Gasteiger partial charge >= 0.3 is 5.97 Å². The van der Waals surface area contributed by atoms with Gasteiger partial charge in [0.05, 0.1) is 58.4 Å². The number of nitrogens with zero attached hydrogens (tertiary/aromatic N) is 9. The van der Waals surface area contributed by atoms with Crippen LogP contribution in [0.3, 0.4) is 0 Å². The molecule has 4 N–H and O–H groups in total. The number of hydrogen-bond acceptors (Lipinski definition) is 15. The Hall–Kier alpha value is -4.15. The van der Waals surface area contributed by atoms with Crippen molar-refractivity contribution >= 4 is 29.7 Å². The number of aliphatic carboxylic acids is 1. The number of amides is 1. The van der Waals surface area contributed by atoms with Gasteiger partial charge in [0.1, 0.15) is 12.6 Å². The predicted molar refractivity (Wildman–Crippen MR) is 179 cm³/mol. The molecule has 0 radical (unpaired) electrons. The zero-order chi connectivity index (χ0) is 34.7. The first-order chi connectivity index (χ1) is 24.0. The molecule has 2 saturated heterocycles. The van der Waals surface area contributed by atoms with E-state index in [1.807, 2.05) is 4.90 Å². The number of ether oxygens (including phenoxy) is 4. The van der Waals surface area contributed by atoms with Crippen LogP contribution in [0.1, 0.15) is 37.4 Å². The van der Waals surface area contributed by atoms with Crippen molar-refractivity contribution in [1.29, 1.82) is 0 Å². The maximum Gasteiger partial charge on any atom is 0.303 e. The van der Waals surface area contributed by atoms with Crippen LogP contribution in [0.25, 0.3) is 0 Å². The highest BCUT2D eigenvalue weighted by Gasteiger charge is 2.31. The zero-order valence-corrected chi connectivity index (χ0v) is 28.1. The highest BCUT2D eigenvalue weighted by Crippen LogP contribution is 2.22. The van der Waals surface area contributed by atoms with Crippen molar-refractivity contribution in [3.63, 3.8) is 0 Å². The van der Waals surface area contributed by atoms with Crippen LogP contribution in [0, 0.1) is 12.3 Å². The van der Waals surface area contributed by atoms with Crippen LogP contribution < -0.4 is 20.9 Å². The lowest BCUT2D eigenvalue weighted by Gasteiger charge is -2.36. The molecule has 4 rings (SSSR count). The molecule has 0 aromatic carbocycles. The van der Waals surface area contributed by atoms with Gasteiger partial charge < -0.3 is 49.8 Å². The van der Waals surface area contributed by atoms with E-state index in [4.69, 9.17) is 46.2 Å². The van der Waals surface area contributed by atoms with E-state index in [0.717, 1.165) is 12.8 Å². The number of carboxylic acids is 1. The molecule has 18 nitrogen and oxygen atoms in total. The smallest absolute Gasteiger partial charge is 0.303 e. The van der Waals surface area contributed by atoms with Gasteiger partial charge in [0, 0.05) is 58.4 Å². The molecular weight excluding hydrogens is 638 g/mol. The van der Waals surface area contributed by atoms with Crippen LogP contribution in [0.5, 0.6) is 0 Å². The SMILES string of the molecule is C#CCOCCOCCOCCNc1nc(N2CCOCC2)nc(N2CCN(C(=O)C(CCCCN)n3cc(CCC(=O)O)nn3)CC2)n1. The van der Waals surface area contributed by atoms with Crippen molar-refractivity contribution in [3.05, 3.63) is 11.9 Å². The van der Waals surface area contributed by atoms with E-state index in [0.29, 0.717) is 129 Å². The van der Waals surface area contributed by atoms with Crippen LogP contribution >= 0.6 is 0 Å². The lowest BCUT2D eigenvalue weighted by atomic mass is 10.1. The van der Waals surface area contributed by atoms with Gasteiger partial charge in [-0.2, -0.15) is 15.0 Å². The van der Waals surface area contributed by atoms with Crippen molar-refractivity contribution in [1.82, 2.24) is 34.8 Å². The molecule has 2 aliphatic rings. The lowest BCUT2D eigenvalue weighted by Crippen LogP contribution is -2.51. The fourth-order valence-corrected chi connectivity index (χ4v) is 5.29. The lowest BCUT2D eigenvalue weighted by molar-refractivity contribution is -0.137. The Labute approximate surface area is 286 Å². The summed E-state index contributed by atoms with van der Waals surface area (Å²) in [4.78, 5) is 45.0. The number of piperazine rings is 1. The van der Waals surface area contributed by atoms with Crippen molar-refractivity contribution in [2.45, 2.75) is 38.1 Å². The van der Waals surface area contributed by atoms with Crippen molar-refractivity contribution in [2.24, 2.45) is 5.73 Å². The van der Waals surface area contributed by atoms with E-state index in [1.165, 1.54) is 0 Å². The Morgan fingerprint density at radius 3 is 2.31 bits per heavy atom. The predicted octanol–water partition coefficient (Wildman–Crippen LogP) is -0.569. The molecule has 2 fully saturated rings. The van der Waals surface area contributed by atoms with Crippen LogP contribution in [0.2, 0.25) is 0 Å². The van der Waals surface area contributed by atoms with E-state index in [1.54, 1.807) is 10.9 Å². The third kappa shape index (κ3) is 12.7. The molecule has 2 aliphatic heterocycles. The Kier molecular flexibility index (Phi) is 16.2. The first-order valence-electron chi connectivity index (χ1n) is 16.8. The standard InChI is InChI=1S/C31H49N11O7/c1-2-16-46-20-22-49-23-21-47-17-9-33-29-34-30(36-31(35-29)41-14-18-48-19-15-41)40-12-10-39(11-13-40)28(45)26(5-3-4-8-32)42-24-25(37-38-42)6-7-27(43)44/h1,24,26H,3-23,32H2,(H,43,44)(H,33,34,35,36). The summed E-state index contributed by atoms with van der Waals surface area (Å²) in [6.45, 7) is 8.07. The Balaban J connectivity index is 1.33. The van der Waals surface area contributed by atoms with Crippen molar-refractivity contribution < 1.29 is 33.6 Å². The average molecular weight is 688 g/mol. The number of aromatic nitrogens is 6. The van der Waals surface area contributed by atoms with Crippen LogP contribution in [0.4, 0.5) is 17.8 Å². The minimum atomic E-state index is -0.910. The molecule has 1 unspecified atom stereocenters. The first-order valence-corrected chi connectivity index (χ1v) is 16.8. The van der Waals surface area contributed by atoms with E-state index < -0.39 is 12.0 Å². The Morgan fingerprint density at radius 2 is 1.63 bits per heavy atom. The number of anilines is 3. The van der Waals surface area contributed by atoms with Crippen LogP contribution in [-0.4, -0.2) is 157 Å². The van der Waals surface area contributed by atoms with Gasteiger partial charge in [-0.15, -0.1) is 11.5 Å². The average Bonchev–Trinajstić information content (AvgIpc) is 3.60. The first kappa shape index (κ1) is 37.7. The largest absolute Gasteiger partial charge is 0.481 e. The number of morpholine rings is 1. The number of rotatable bonds is 22. The van der Waals surface area contributed by atoms with Gasteiger partial charge in [0.25, 0.3) is 0 Å². The molecule has 4 heterocycles. The summed E-state index contributed by atoms with van der Waals surface area (Å²) in [6, 6.07) is -0.549. The number of terminal acetylenes is 1. The highest BCUT2D eigenvalue weighted by molar-refractivity contribution is 5.80. The maximum absolute atomic E-state index is 13.8. The highest BCUT2D eigenvalue weighted by atomic mass is 16.5. The Morgan fingerprint density at radius 1 is 0.959 bits per heavy atom. The topological polar surface area (TPSA) is 208 Å². The molecule has 1 atom stereocenters. The van der Waals surface area contributed by atoms with E-state index in [-0.39, 0.29) is 25.4 Å². The second-order valence-electron chi connectivity index (χ2n) is 11.5. The van der Waals surface area contributed by atoms with Gasteiger partial charge in [-0.25, -0.2) is 4.68 Å². The second-order valence-corrected chi connectivity index (χ2v) is 11.5. The van der Waals surface area contributed by atoms with Gasteiger partial charge in [-0.1, -0.05) is 11.1 Å². The van der Waals surface area contributed by atoms with E-state index >= 15 is 0 Å². The third-order valence-electron chi connectivity index (χ3n) is 7.93. The third-order valence-corrected chi connectivity index (χ3v) is 7.93. The van der Waals surface area contributed by atoms with Gasteiger partial charge in [-0.05, 0) is 25.8 Å². The number of hydrogen-bond donors (Lipinski definition) is 3. The number of carboxylic acid groups (broad SMARTS) is 1. The number of nitrogens with two attached hydrogens (primary N) is 1. The van der Waals surface area contributed by atoms with Crippen LogP contribution in [-0.2, 0) is 35.0 Å². The maximum atomic E-state index is 13.8. The number of aryl methyl sites for hydroxylation is 1. The molecule has 0 bridgehead atoms. The van der Waals surface area contributed by atoms with Crippen molar-refractivity contribution in [2.75, 3.05) is 120 Å². The number of unbranched alkanes of at least 4 members (excludes halogenated alkanes) is 1. The zero-order valence-electron chi connectivity index (χ0n) is 28.1. The summed E-state index contributed by atoms with van der Waals surface area (Å²) in [6.07, 6.45) is 9.11. The molecule has 0 saturated carbocycles. The van der Waals surface area contributed by atoms with Crippen LogP contribution in [0.15, 0.2) is 6.20 Å². The summed E-state index contributed by atoms with van der Waals surface area (Å²) < 4.78 is 23.4. The normalized spacial score (nSPS) is 15.6. The number of carbonyl (C=O) groups excluding carboxylic acids is 1. The van der Waals surface area contributed by atoms with Gasteiger partial charge in [-0.3, -0.25) is 9.59 Å². The fraction of sp³-hybridized carbons (Fsp3) is 0.710. The summed E-state index contributed by atoms with van der Waals surface area (Å²) in [5.41, 5.74) is 6.26. The van der Waals surface area contributed by atoms with E-state index in [2.05, 4.69) is 36.3 Å². The molecular formula is C31H49N11O7. The quantitative estimate of drug-likeness (QED) is 0.105. The molecule has 270 valence electrons. The monoisotopic (exact) mass is 687 g/mol. The van der Waals surface area contributed by atoms with Gasteiger partial charge in [0.2, 0.25) is 23.8 Å². The molecule has 18 heteroatoms. The summed E-state index contributed by atoms with van der Waals surface area (Å²) in [5.74, 6) is 2.99. The molecule has 0 spiro atoms. The number of nitrogens with one attached hydrogen (secondary N) is 1. The van der Waals surface area contributed by atoms with Crippen molar-refractivity contribution in [3.8, 4) is 12.3 Å². The molecule has 2 aromatic heterocycles. The van der Waals surface area contributed by atoms with E-state index in [9.17, 15) is 9.59 Å². The minimum Gasteiger partial charge on any atom is -0.481 e. The minimum absolute atomic E-state index is 0.0528. The Bertz CT molecular complexity index is 1330.